The molecular weight excluding hydrogens is 310 g/mol. The molecule has 0 spiro atoms. The quantitative estimate of drug-likeness (QED) is 0.377. The van der Waals surface area contributed by atoms with Gasteiger partial charge in [-0.3, -0.25) is 9.99 Å². The van der Waals surface area contributed by atoms with Crippen molar-refractivity contribution in [2.45, 2.75) is 30.6 Å². The number of hydrogen-bond acceptors (Lipinski definition) is 8. The van der Waals surface area contributed by atoms with E-state index in [-0.39, 0.29) is 5.69 Å². The maximum Gasteiger partial charge on any atom is 0.343 e. The number of aromatic amines is 1. The monoisotopic (exact) mass is 323 g/mol. The highest BCUT2D eigenvalue weighted by atomic mass is 32.2. The normalized spacial score (nSPS) is 11.2. The zero-order valence-electron chi connectivity index (χ0n) is 11.4. The van der Waals surface area contributed by atoms with Crippen molar-refractivity contribution in [2.24, 2.45) is 5.84 Å². The van der Waals surface area contributed by atoms with E-state index in [1.807, 2.05) is 19.9 Å². The van der Waals surface area contributed by atoms with Crippen LogP contribution in [0.15, 0.2) is 21.0 Å². The topological polar surface area (TPSA) is 115 Å². The van der Waals surface area contributed by atoms with Crippen LogP contribution in [0.25, 0.3) is 10.2 Å². The molecule has 0 aliphatic rings. The van der Waals surface area contributed by atoms with Crippen LogP contribution in [0.1, 0.15) is 11.8 Å². The summed E-state index contributed by atoms with van der Waals surface area (Å²) in [7, 11) is 0. The first-order valence-electron chi connectivity index (χ1n) is 6.20. The summed E-state index contributed by atoms with van der Waals surface area (Å²) in [5, 5.41) is 8.68. The van der Waals surface area contributed by atoms with Gasteiger partial charge in [0.2, 0.25) is 5.95 Å². The fourth-order valence-corrected chi connectivity index (χ4v) is 3.83. The van der Waals surface area contributed by atoms with Crippen LogP contribution >= 0.6 is 23.1 Å². The molecule has 0 fully saturated rings. The van der Waals surface area contributed by atoms with Gasteiger partial charge in [0.25, 0.3) is 0 Å². The average molecular weight is 323 g/mol. The number of nitrogens with zero attached hydrogens (tertiary/aromatic N) is 4. The first-order chi connectivity index (χ1) is 10.1. The van der Waals surface area contributed by atoms with Gasteiger partial charge in [-0.05, 0) is 31.7 Å². The van der Waals surface area contributed by atoms with E-state index in [1.54, 1.807) is 15.9 Å². The third kappa shape index (κ3) is 2.52. The van der Waals surface area contributed by atoms with E-state index in [0.717, 1.165) is 15.1 Å². The number of aromatic nitrogens is 5. The summed E-state index contributed by atoms with van der Waals surface area (Å²) in [6, 6.07) is 2.02. The Morgan fingerprint density at radius 1 is 1.52 bits per heavy atom. The second-order valence-corrected chi connectivity index (χ2v) is 6.42. The summed E-state index contributed by atoms with van der Waals surface area (Å²) in [4.78, 5) is 22.3. The standard InChI is InChI=1S/C11H13N7OS2/c1-3-18-10(19)16-17-11(18)21-8-6-4-5(2)20-7(6)13-9(14-8)15-12/h4H,3,12H2,1-2H3,(H,16,19)(H,13,14,15). The molecule has 8 nitrogen and oxygen atoms in total. The average Bonchev–Trinajstić information content (AvgIpc) is 3.01. The molecule has 10 heteroatoms. The van der Waals surface area contributed by atoms with Gasteiger partial charge in [0.15, 0.2) is 5.16 Å². The molecule has 3 heterocycles. The lowest BCUT2D eigenvalue weighted by Gasteiger charge is -2.05. The summed E-state index contributed by atoms with van der Waals surface area (Å²) in [6.45, 7) is 4.43. The molecule has 0 bridgehead atoms. The number of rotatable bonds is 4. The molecule has 0 radical (unpaired) electrons. The first kappa shape index (κ1) is 14.0. The van der Waals surface area contributed by atoms with Gasteiger partial charge in [0.05, 0.1) is 0 Å². The maximum absolute atomic E-state index is 11.6. The number of aryl methyl sites for hydroxylation is 1. The lowest BCUT2D eigenvalue weighted by molar-refractivity contribution is 0.660. The molecule has 0 aliphatic heterocycles. The Morgan fingerprint density at radius 3 is 3.05 bits per heavy atom. The Hall–Kier alpha value is -1.91. The Bertz CT molecular complexity index is 850. The van der Waals surface area contributed by atoms with Gasteiger partial charge in [0, 0.05) is 16.8 Å². The molecule has 110 valence electrons. The van der Waals surface area contributed by atoms with Crippen LogP contribution < -0.4 is 17.0 Å². The predicted molar refractivity (Wildman–Crippen MR) is 82.6 cm³/mol. The van der Waals surface area contributed by atoms with Crippen molar-refractivity contribution in [3.63, 3.8) is 0 Å². The number of H-pyrrole nitrogens is 1. The minimum Gasteiger partial charge on any atom is -0.292 e. The van der Waals surface area contributed by atoms with Crippen molar-refractivity contribution in [3.05, 3.63) is 21.4 Å². The molecule has 0 aliphatic carbocycles. The molecule has 0 saturated heterocycles. The Kier molecular flexibility index (Phi) is 3.66. The SMILES string of the molecule is CCn1c(Sc2nc(NN)nc3sc(C)cc23)n[nH]c1=O. The molecule has 0 atom stereocenters. The van der Waals surface area contributed by atoms with Gasteiger partial charge in [-0.1, -0.05) is 0 Å². The van der Waals surface area contributed by atoms with Gasteiger partial charge >= 0.3 is 5.69 Å². The van der Waals surface area contributed by atoms with Gasteiger partial charge in [-0.25, -0.2) is 25.7 Å². The number of anilines is 1. The van der Waals surface area contributed by atoms with Crippen molar-refractivity contribution < 1.29 is 0 Å². The van der Waals surface area contributed by atoms with Crippen LogP contribution in [0.5, 0.6) is 0 Å². The van der Waals surface area contributed by atoms with Crippen LogP contribution in [0.4, 0.5) is 5.95 Å². The van der Waals surface area contributed by atoms with E-state index < -0.39 is 0 Å². The van der Waals surface area contributed by atoms with Crippen molar-refractivity contribution >= 4 is 39.3 Å². The highest BCUT2D eigenvalue weighted by Gasteiger charge is 2.15. The molecule has 4 N–H and O–H groups in total. The van der Waals surface area contributed by atoms with E-state index in [1.165, 1.54) is 11.8 Å². The Labute approximate surface area is 127 Å². The van der Waals surface area contributed by atoms with Crippen molar-refractivity contribution in [2.75, 3.05) is 5.43 Å². The largest absolute Gasteiger partial charge is 0.343 e. The number of thiophene rings is 1. The summed E-state index contributed by atoms with van der Waals surface area (Å²) >= 11 is 2.88. The second-order valence-electron chi connectivity index (χ2n) is 4.23. The van der Waals surface area contributed by atoms with Gasteiger partial charge < -0.3 is 0 Å². The molecule has 0 amide bonds. The van der Waals surface area contributed by atoms with Crippen molar-refractivity contribution in [1.29, 1.82) is 0 Å². The van der Waals surface area contributed by atoms with E-state index in [4.69, 9.17) is 5.84 Å². The van der Waals surface area contributed by atoms with Crippen LogP contribution in [-0.2, 0) is 6.54 Å². The van der Waals surface area contributed by atoms with Crippen molar-refractivity contribution in [3.8, 4) is 0 Å². The predicted octanol–water partition coefficient (Wildman–Crippen LogP) is 1.34. The Balaban J connectivity index is 2.12. The molecule has 3 aromatic heterocycles. The van der Waals surface area contributed by atoms with E-state index in [0.29, 0.717) is 22.7 Å². The zero-order chi connectivity index (χ0) is 15.0. The molecule has 21 heavy (non-hydrogen) atoms. The summed E-state index contributed by atoms with van der Waals surface area (Å²) < 4.78 is 1.55. The zero-order valence-corrected chi connectivity index (χ0v) is 13.0. The van der Waals surface area contributed by atoms with Crippen LogP contribution in [0.2, 0.25) is 0 Å². The van der Waals surface area contributed by atoms with E-state index >= 15 is 0 Å². The molecule has 3 aromatic rings. The summed E-state index contributed by atoms with van der Waals surface area (Å²) in [6.07, 6.45) is 0. The highest BCUT2D eigenvalue weighted by Crippen LogP contribution is 2.34. The number of hydrazine groups is 1. The third-order valence-electron chi connectivity index (χ3n) is 2.84. The molecule has 0 unspecified atom stereocenters. The second kappa shape index (κ2) is 5.47. The van der Waals surface area contributed by atoms with E-state index in [2.05, 4.69) is 25.6 Å². The maximum atomic E-state index is 11.6. The van der Waals surface area contributed by atoms with E-state index in [9.17, 15) is 4.79 Å². The number of fused-ring (bicyclic) bond motifs is 1. The molecule has 0 aromatic carbocycles. The highest BCUT2D eigenvalue weighted by molar-refractivity contribution is 7.99. The lowest BCUT2D eigenvalue weighted by atomic mass is 10.4. The fraction of sp³-hybridized carbons (Fsp3) is 0.273. The number of nitrogens with one attached hydrogen (secondary N) is 2. The van der Waals surface area contributed by atoms with Gasteiger partial charge in [0.1, 0.15) is 9.86 Å². The molecule has 3 rings (SSSR count). The third-order valence-corrected chi connectivity index (χ3v) is 4.78. The van der Waals surface area contributed by atoms with Gasteiger partial charge in [-0.15, -0.1) is 16.4 Å². The number of nitrogens with two attached hydrogens (primary N) is 1. The minimum atomic E-state index is -0.232. The lowest BCUT2D eigenvalue weighted by Crippen LogP contribution is -2.16. The Morgan fingerprint density at radius 2 is 2.33 bits per heavy atom. The minimum absolute atomic E-state index is 0.232. The summed E-state index contributed by atoms with van der Waals surface area (Å²) in [5.41, 5.74) is 2.23. The molecule has 0 saturated carbocycles. The van der Waals surface area contributed by atoms with Crippen LogP contribution in [-0.4, -0.2) is 24.7 Å². The molecular formula is C11H13N7OS2. The van der Waals surface area contributed by atoms with Gasteiger partial charge in [-0.2, -0.15) is 0 Å². The van der Waals surface area contributed by atoms with Crippen molar-refractivity contribution in [1.82, 2.24) is 24.7 Å². The fourth-order valence-electron chi connectivity index (χ4n) is 1.90. The number of hydrogen-bond donors (Lipinski definition) is 3. The summed E-state index contributed by atoms with van der Waals surface area (Å²) in [5.74, 6) is 5.75. The number of nitrogen functional groups attached to an aromatic ring is 1. The smallest absolute Gasteiger partial charge is 0.292 e. The van der Waals surface area contributed by atoms with Crippen LogP contribution in [0.3, 0.4) is 0 Å². The van der Waals surface area contributed by atoms with Crippen LogP contribution in [0, 0.1) is 6.92 Å². The first-order valence-corrected chi connectivity index (χ1v) is 7.83.